The topological polar surface area (TPSA) is 69.2 Å². The van der Waals surface area contributed by atoms with Crippen LogP contribution in [0.25, 0.3) is 11.3 Å². The van der Waals surface area contributed by atoms with E-state index in [0.29, 0.717) is 29.5 Å². The number of hydrogen-bond donors (Lipinski definition) is 2. The van der Waals surface area contributed by atoms with E-state index >= 15 is 0 Å². The fourth-order valence-electron chi connectivity index (χ4n) is 2.54. The molecule has 1 unspecified atom stereocenters. The Hall–Kier alpha value is -1.85. The molecule has 1 amide bonds. The van der Waals surface area contributed by atoms with Gasteiger partial charge in [-0.1, -0.05) is 23.7 Å². The quantitative estimate of drug-likeness (QED) is 0.913. The van der Waals surface area contributed by atoms with Crippen LogP contribution in [0.4, 0.5) is 0 Å². The van der Waals surface area contributed by atoms with E-state index in [9.17, 15) is 4.79 Å². The van der Waals surface area contributed by atoms with Gasteiger partial charge in [0.15, 0.2) is 0 Å². The molecule has 110 valence electrons. The maximum Gasteiger partial charge on any atom is 0.271 e. The van der Waals surface area contributed by atoms with Crippen molar-refractivity contribution >= 4 is 17.5 Å². The summed E-state index contributed by atoms with van der Waals surface area (Å²) in [4.78, 5) is 14.1. The first kappa shape index (κ1) is 14.1. The summed E-state index contributed by atoms with van der Waals surface area (Å²) in [6.07, 6.45) is 0.848. The van der Waals surface area contributed by atoms with E-state index in [1.54, 1.807) is 23.1 Å². The summed E-state index contributed by atoms with van der Waals surface area (Å²) in [6, 6.07) is 9.06. The van der Waals surface area contributed by atoms with Crippen LogP contribution >= 0.6 is 11.6 Å². The van der Waals surface area contributed by atoms with Crippen LogP contribution in [0, 0.1) is 5.92 Å². The summed E-state index contributed by atoms with van der Waals surface area (Å²) in [5.74, 6) is 0.117. The summed E-state index contributed by atoms with van der Waals surface area (Å²) in [5, 5.41) is 16.8. The SMILES string of the molecule is O=C(c1cc(-c2ccc(Cl)cc2)n[nH]1)N1CCC(CO)C1. The average Bonchev–Trinajstić information content (AvgIpc) is 3.16. The second-order valence-electron chi connectivity index (χ2n) is 5.26. The lowest BCUT2D eigenvalue weighted by Gasteiger charge is -2.14. The van der Waals surface area contributed by atoms with Crippen molar-refractivity contribution in [2.45, 2.75) is 6.42 Å². The Morgan fingerprint density at radius 2 is 2.19 bits per heavy atom. The largest absolute Gasteiger partial charge is 0.396 e. The van der Waals surface area contributed by atoms with E-state index in [2.05, 4.69) is 10.2 Å². The minimum Gasteiger partial charge on any atom is -0.396 e. The summed E-state index contributed by atoms with van der Waals surface area (Å²) in [6.45, 7) is 1.41. The molecule has 2 aromatic rings. The number of likely N-dealkylation sites (tertiary alicyclic amines) is 1. The molecule has 21 heavy (non-hydrogen) atoms. The number of nitrogens with one attached hydrogen (secondary N) is 1. The number of carbonyl (C=O) groups is 1. The van der Waals surface area contributed by atoms with E-state index < -0.39 is 0 Å². The van der Waals surface area contributed by atoms with Gasteiger partial charge in [0, 0.05) is 36.2 Å². The average molecular weight is 306 g/mol. The van der Waals surface area contributed by atoms with E-state index in [-0.39, 0.29) is 18.4 Å². The van der Waals surface area contributed by atoms with Gasteiger partial charge < -0.3 is 10.0 Å². The van der Waals surface area contributed by atoms with E-state index in [4.69, 9.17) is 16.7 Å². The maximum absolute atomic E-state index is 12.4. The number of aliphatic hydroxyl groups excluding tert-OH is 1. The molecular formula is C15H16ClN3O2. The normalized spacial score (nSPS) is 18.2. The highest BCUT2D eigenvalue weighted by atomic mass is 35.5. The molecular weight excluding hydrogens is 290 g/mol. The van der Waals surface area contributed by atoms with Crippen molar-refractivity contribution in [2.75, 3.05) is 19.7 Å². The second kappa shape index (κ2) is 5.87. The third-order valence-electron chi connectivity index (χ3n) is 3.78. The highest BCUT2D eigenvalue weighted by Gasteiger charge is 2.27. The number of aromatic amines is 1. The van der Waals surface area contributed by atoms with Gasteiger partial charge in [0.05, 0.1) is 5.69 Å². The molecule has 0 aliphatic carbocycles. The predicted octanol–water partition coefficient (Wildman–Crippen LogP) is 2.18. The fraction of sp³-hybridized carbons (Fsp3) is 0.333. The van der Waals surface area contributed by atoms with Gasteiger partial charge >= 0.3 is 0 Å². The lowest BCUT2D eigenvalue weighted by atomic mass is 10.1. The van der Waals surface area contributed by atoms with Crippen LogP contribution < -0.4 is 0 Å². The lowest BCUT2D eigenvalue weighted by Crippen LogP contribution is -2.29. The molecule has 1 aromatic heterocycles. The number of aromatic nitrogens is 2. The first-order valence-electron chi connectivity index (χ1n) is 6.89. The van der Waals surface area contributed by atoms with Crippen LogP contribution in [-0.2, 0) is 0 Å². The van der Waals surface area contributed by atoms with Gasteiger partial charge in [-0.2, -0.15) is 5.10 Å². The van der Waals surface area contributed by atoms with Crippen LogP contribution in [0.5, 0.6) is 0 Å². The minimum atomic E-state index is -0.0707. The van der Waals surface area contributed by atoms with Crippen molar-refractivity contribution in [3.05, 3.63) is 41.0 Å². The summed E-state index contributed by atoms with van der Waals surface area (Å²) < 4.78 is 0. The van der Waals surface area contributed by atoms with Crippen molar-refractivity contribution in [2.24, 2.45) is 5.92 Å². The number of hydrogen-bond acceptors (Lipinski definition) is 3. The van der Waals surface area contributed by atoms with Gasteiger partial charge in [0.2, 0.25) is 0 Å². The zero-order valence-electron chi connectivity index (χ0n) is 11.4. The number of amides is 1. The highest BCUT2D eigenvalue weighted by Crippen LogP contribution is 2.22. The number of carbonyl (C=O) groups excluding carboxylic acids is 1. The van der Waals surface area contributed by atoms with Crippen molar-refractivity contribution in [1.82, 2.24) is 15.1 Å². The molecule has 0 spiro atoms. The van der Waals surface area contributed by atoms with Gasteiger partial charge in [-0.3, -0.25) is 9.89 Å². The Morgan fingerprint density at radius 1 is 1.43 bits per heavy atom. The molecule has 1 aliphatic heterocycles. The van der Waals surface area contributed by atoms with Crippen LogP contribution in [0.1, 0.15) is 16.9 Å². The van der Waals surface area contributed by atoms with E-state index in [1.165, 1.54) is 0 Å². The molecule has 1 saturated heterocycles. The molecule has 1 atom stereocenters. The summed E-state index contributed by atoms with van der Waals surface area (Å²) in [7, 11) is 0. The standard InChI is InChI=1S/C15H16ClN3O2/c16-12-3-1-11(2-4-12)13-7-14(18-17-13)15(21)19-6-5-10(8-19)9-20/h1-4,7,10,20H,5-6,8-9H2,(H,17,18). The van der Waals surface area contributed by atoms with Gasteiger partial charge in [0.25, 0.3) is 5.91 Å². The monoisotopic (exact) mass is 305 g/mol. The lowest BCUT2D eigenvalue weighted by molar-refractivity contribution is 0.0776. The van der Waals surface area contributed by atoms with Crippen molar-refractivity contribution < 1.29 is 9.90 Å². The van der Waals surface area contributed by atoms with Gasteiger partial charge in [0.1, 0.15) is 5.69 Å². The number of aliphatic hydroxyl groups is 1. The second-order valence-corrected chi connectivity index (χ2v) is 5.70. The Balaban J connectivity index is 1.75. The third-order valence-corrected chi connectivity index (χ3v) is 4.03. The van der Waals surface area contributed by atoms with Crippen molar-refractivity contribution in [3.8, 4) is 11.3 Å². The fourth-order valence-corrected chi connectivity index (χ4v) is 2.66. The van der Waals surface area contributed by atoms with E-state index in [1.807, 2.05) is 12.1 Å². The minimum absolute atomic E-state index is 0.0707. The van der Waals surface area contributed by atoms with Gasteiger partial charge in [-0.15, -0.1) is 0 Å². The summed E-state index contributed by atoms with van der Waals surface area (Å²) in [5.41, 5.74) is 2.09. The summed E-state index contributed by atoms with van der Waals surface area (Å²) >= 11 is 5.86. The number of rotatable bonds is 3. The molecule has 0 saturated carbocycles. The number of H-pyrrole nitrogens is 1. The predicted molar refractivity (Wildman–Crippen MR) is 80.1 cm³/mol. The Labute approximate surface area is 127 Å². The van der Waals surface area contributed by atoms with E-state index in [0.717, 1.165) is 12.0 Å². The van der Waals surface area contributed by atoms with Crippen LogP contribution in [0.2, 0.25) is 5.02 Å². The maximum atomic E-state index is 12.4. The van der Waals surface area contributed by atoms with Crippen LogP contribution in [0.15, 0.2) is 30.3 Å². The molecule has 1 aliphatic rings. The van der Waals surface area contributed by atoms with Crippen LogP contribution in [0.3, 0.4) is 0 Å². The third kappa shape index (κ3) is 2.94. The molecule has 2 N–H and O–H groups in total. The Bertz CT molecular complexity index is 639. The molecule has 1 fully saturated rings. The van der Waals surface area contributed by atoms with Crippen molar-refractivity contribution in [1.29, 1.82) is 0 Å². The Kier molecular flexibility index (Phi) is 3.94. The van der Waals surface area contributed by atoms with Crippen molar-refractivity contribution in [3.63, 3.8) is 0 Å². The number of halogens is 1. The molecule has 0 radical (unpaired) electrons. The number of benzene rings is 1. The first-order valence-corrected chi connectivity index (χ1v) is 7.26. The Morgan fingerprint density at radius 3 is 2.86 bits per heavy atom. The van der Waals surface area contributed by atoms with Gasteiger partial charge in [-0.05, 0) is 24.6 Å². The first-order chi connectivity index (χ1) is 10.2. The molecule has 6 heteroatoms. The molecule has 5 nitrogen and oxygen atoms in total. The zero-order valence-corrected chi connectivity index (χ0v) is 12.2. The molecule has 2 heterocycles. The van der Waals surface area contributed by atoms with Gasteiger partial charge in [-0.25, -0.2) is 0 Å². The molecule has 1 aromatic carbocycles. The molecule has 0 bridgehead atoms. The molecule has 3 rings (SSSR count). The zero-order chi connectivity index (χ0) is 14.8. The number of nitrogens with zero attached hydrogens (tertiary/aromatic N) is 2. The highest BCUT2D eigenvalue weighted by molar-refractivity contribution is 6.30. The smallest absolute Gasteiger partial charge is 0.271 e. The van der Waals surface area contributed by atoms with Crippen LogP contribution in [-0.4, -0.2) is 45.8 Å².